The summed E-state index contributed by atoms with van der Waals surface area (Å²) in [6, 6.07) is 6.65. The fourth-order valence-corrected chi connectivity index (χ4v) is 4.13. The molecule has 1 heterocycles. The summed E-state index contributed by atoms with van der Waals surface area (Å²) in [6.07, 6.45) is 2.44. The maximum atomic E-state index is 12.6. The predicted octanol–water partition coefficient (Wildman–Crippen LogP) is 4.43. The molecule has 2 amide bonds. The lowest BCUT2D eigenvalue weighted by atomic mass is 9.74. The van der Waals surface area contributed by atoms with E-state index in [1.165, 1.54) is 0 Å². The Kier molecular flexibility index (Phi) is 8.32. The van der Waals surface area contributed by atoms with E-state index >= 15 is 0 Å². The molecule has 1 aliphatic rings. The minimum Gasteiger partial charge on any atom is -0.458 e. The van der Waals surface area contributed by atoms with Crippen LogP contribution in [0.25, 0.3) is 0 Å². The van der Waals surface area contributed by atoms with Crippen LogP contribution < -0.4 is 10.1 Å². The van der Waals surface area contributed by atoms with Gasteiger partial charge in [-0.2, -0.15) is 0 Å². The van der Waals surface area contributed by atoms with Gasteiger partial charge in [-0.1, -0.05) is 32.9 Å². The highest BCUT2D eigenvalue weighted by Crippen LogP contribution is 2.37. The van der Waals surface area contributed by atoms with E-state index in [1.54, 1.807) is 31.7 Å². The van der Waals surface area contributed by atoms with Gasteiger partial charge in [0.25, 0.3) is 0 Å². The van der Waals surface area contributed by atoms with Crippen molar-refractivity contribution in [1.29, 1.82) is 0 Å². The molecule has 1 saturated heterocycles. The zero-order valence-electron chi connectivity index (χ0n) is 20.5. The highest BCUT2D eigenvalue weighted by atomic mass is 16.6. The number of ether oxygens (including phenoxy) is 2. The summed E-state index contributed by atoms with van der Waals surface area (Å²) in [6.45, 7) is 11.8. The van der Waals surface area contributed by atoms with Gasteiger partial charge in [-0.3, -0.25) is 4.79 Å². The van der Waals surface area contributed by atoms with Crippen molar-refractivity contribution in [2.24, 2.45) is 5.92 Å². The maximum absolute atomic E-state index is 12.6. The lowest BCUT2D eigenvalue weighted by Gasteiger charge is -2.35. The van der Waals surface area contributed by atoms with Crippen molar-refractivity contribution in [3.63, 3.8) is 0 Å². The number of hydrogen-bond donors (Lipinski definition) is 1. The van der Waals surface area contributed by atoms with Gasteiger partial charge in [-0.05, 0) is 63.6 Å². The van der Waals surface area contributed by atoms with Gasteiger partial charge in [0.1, 0.15) is 17.4 Å². The fourth-order valence-electron chi connectivity index (χ4n) is 4.13. The molecule has 1 fully saturated rings. The smallest absolute Gasteiger partial charge is 0.413 e. The number of amides is 2. The van der Waals surface area contributed by atoms with Crippen molar-refractivity contribution in [2.75, 3.05) is 13.6 Å². The van der Waals surface area contributed by atoms with E-state index in [2.05, 4.69) is 12.2 Å². The number of nitrogens with one attached hydrogen (secondary N) is 1. The summed E-state index contributed by atoms with van der Waals surface area (Å²) in [4.78, 5) is 39.1. The van der Waals surface area contributed by atoms with Crippen LogP contribution in [0.2, 0.25) is 0 Å². The van der Waals surface area contributed by atoms with Crippen LogP contribution in [0.1, 0.15) is 72.8 Å². The normalized spacial score (nSPS) is 20.5. The third kappa shape index (κ3) is 6.71. The second-order valence-electron chi connectivity index (χ2n) is 10.1. The Balaban J connectivity index is 2.16. The maximum Gasteiger partial charge on any atom is 0.413 e. The molecule has 7 heteroatoms. The summed E-state index contributed by atoms with van der Waals surface area (Å²) in [5.74, 6) is -0.0906. The van der Waals surface area contributed by atoms with E-state index in [9.17, 15) is 14.4 Å². The summed E-state index contributed by atoms with van der Waals surface area (Å²) in [7, 11) is 1.84. The molecule has 2 rings (SSSR count). The minimum absolute atomic E-state index is 0.161. The molecule has 0 spiro atoms. The molecule has 1 aromatic carbocycles. The summed E-state index contributed by atoms with van der Waals surface area (Å²) >= 11 is 0. The fraction of sp³-hybridized carbons (Fsp3) is 0.640. The zero-order valence-corrected chi connectivity index (χ0v) is 20.5. The quantitative estimate of drug-likeness (QED) is 0.654. The number of carbonyl (C=O) groups is 3. The Labute approximate surface area is 191 Å². The van der Waals surface area contributed by atoms with E-state index in [0.717, 1.165) is 24.8 Å². The molecule has 178 valence electrons. The number of likely N-dealkylation sites (tertiary alicyclic amines) is 1. The van der Waals surface area contributed by atoms with Gasteiger partial charge < -0.3 is 19.7 Å². The number of esters is 1. The van der Waals surface area contributed by atoms with Gasteiger partial charge in [-0.25, -0.2) is 9.59 Å². The molecule has 0 aromatic heterocycles. The van der Waals surface area contributed by atoms with E-state index in [4.69, 9.17) is 9.47 Å². The zero-order chi connectivity index (χ0) is 24.1. The van der Waals surface area contributed by atoms with Crippen molar-refractivity contribution in [3.8, 4) is 5.75 Å². The largest absolute Gasteiger partial charge is 0.458 e. The third-order valence-electron chi connectivity index (χ3n) is 5.95. The third-order valence-corrected chi connectivity index (χ3v) is 5.95. The molecule has 1 aliphatic heterocycles. The first kappa shape index (κ1) is 25.7. The summed E-state index contributed by atoms with van der Waals surface area (Å²) in [5, 5.41) is 2.64. The topological polar surface area (TPSA) is 84.9 Å². The predicted molar refractivity (Wildman–Crippen MR) is 124 cm³/mol. The highest BCUT2D eigenvalue weighted by molar-refractivity contribution is 5.82. The van der Waals surface area contributed by atoms with Gasteiger partial charge >= 0.3 is 12.1 Å². The molecular formula is C25H38N2O5. The first-order valence-corrected chi connectivity index (χ1v) is 11.4. The Morgan fingerprint density at radius 3 is 2.53 bits per heavy atom. The Morgan fingerprint density at radius 1 is 1.25 bits per heavy atom. The van der Waals surface area contributed by atoms with Gasteiger partial charge in [0.2, 0.25) is 5.91 Å². The number of hydrogen-bond acceptors (Lipinski definition) is 5. The van der Waals surface area contributed by atoms with Crippen molar-refractivity contribution in [1.82, 2.24) is 10.2 Å². The van der Waals surface area contributed by atoms with Crippen molar-refractivity contribution in [3.05, 3.63) is 29.8 Å². The molecule has 0 aliphatic carbocycles. The SMILES string of the molecule is CCC1(c2cccc(OC(=O)N[C@H](C(=O)OC(C)(C)C)C(C)C)c2)CCCC(=O)N(C)C1. The molecule has 2 atom stereocenters. The molecule has 7 nitrogen and oxygen atoms in total. The highest BCUT2D eigenvalue weighted by Gasteiger charge is 2.36. The molecule has 32 heavy (non-hydrogen) atoms. The molecule has 1 unspecified atom stereocenters. The first-order chi connectivity index (χ1) is 14.9. The molecule has 1 aromatic rings. The van der Waals surface area contributed by atoms with E-state index in [-0.39, 0.29) is 17.2 Å². The van der Waals surface area contributed by atoms with Crippen LogP contribution in [0, 0.1) is 5.92 Å². The summed E-state index contributed by atoms with van der Waals surface area (Å²) in [5.41, 5.74) is 0.207. The molecule has 1 N–H and O–H groups in total. The van der Waals surface area contributed by atoms with Gasteiger partial charge in [0, 0.05) is 25.4 Å². The lowest BCUT2D eigenvalue weighted by molar-refractivity contribution is -0.158. The van der Waals surface area contributed by atoms with E-state index in [1.807, 2.05) is 39.1 Å². The Bertz CT molecular complexity index is 830. The standard InChI is InChI=1S/C25H38N2O5/c1-8-25(14-10-13-20(28)27(7)16-25)18-11-9-12-19(15-18)31-23(30)26-21(17(2)3)22(29)32-24(4,5)6/h9,11-12,15,17,21H,8,10,13-14,16H2,1-7H3,(H,26,30)/t21-,25?/m0/s1. The first-order valence-electron chi connectivity index (χ1n) is 11.4. The van der Waals surface area contributed by atoms with Crippen LogP contribution in [-0.2, 0) is 19.7 Å². The number of nitrogens with zero attached hydrogens (tertiary/aromatic N) is 1. The molecule has 0 bridgehead atoms. The van der Waals surface area contributed by atoms with Gasteiger partial charge in [0.05, 0.1) is 0 Å². The molecule has 0 saturated carbocycles. The lowest BCUT2D eigenvalue weighted by Crippen LogP contribution is -2.48. The second kappa shape index (κ2) is 10.4. The second-order valence-corrected chi connectivity index (χ2v) is 10.1. The van der Waals surface area contributed by atoms with E-state index < -0.39 is 23.7 Å². The van der Waals surface area contributed by atoms with Crippen LogP contribution >= 0.6 is 0 Å². The van der Waals surface area contributed by atoms with Crippen LogP contribution in [0.3, 0.4) is 0 Å². The van der Waals surface area contributed by atoms with Crippen molar-refractivity contribution in [2.45, 2.75) is 84.3 Å². The van der Waals surface area contributed by atoms with Gasteiger partial charge in [-0.15, -0.1) is 0 Å². The number of rotatable bonds is 6. The van der Waals surface area contributed by atoms with Crippen LogP contribution in [-0.4, -0.2) is 48.1 Å². The number of benzene rings is 1. The van der Waals surface area contributed by atoms with Crippen molar-refractivity contribution < 1.29 is 23.9 Å². The number of carbonyl (C=O) groups excluding carboxylic acids is 3. The number of likely N-dealkylation sites (N-methyl/N-ethyl adjacent to an activating group) is 1. The van der Waals surface area contributed by atoms with Crippen LogP contribution in [0.4, 0.5) is 4.79 Å². The average Bonchev–Trinajstić information content (AvgIpc) is 2.83. The summed E-state index contributed by atoms with van der Waals surface area (Å²) < 4.78 is 11.0. The molecule has 0 radical (unpaired) electrons. The van der Waals surface area contributed by atoms with Crippen LogP contribution in [0.5, 0.6) is 5.75 Å². The Hall–Kier alpha value is -2.57. The monoisotopic (exact) mass is 446 g/mol. The van der Waals surface area contributed by atoms with Crippen LogP contribution in [0.15, 0.2) is 24.3 Å². The Morgan fingerprint density at radius 2 is 1.94 bits per heavy atom. The average molecular weight is 447 g/mol. The molecular weight excluding hydrogens is 408 g/mol. The van der Waals surface area contributed by atoms with Crippen molar-refractivity contribution >= 4 is 18.0 Å². The van der Waals surface area contributed by atoms with Gasteiger partial charge in [0.15, 0.2) is 0 Å². The minimum atomic E-state index is -0.812. The van der Waals surface area contributed by atoms with E-state index in [0.29, 0.717) is 18.7 Å².